The van der Waals surface area contributed by atoms with Gasteiger partial charge in [0.2, 0.25) is 0 Å². The van der Waals surface area contributed by atoms with E-state index in [-0.39, 0.29) is 23.0 Å². The minimum absolute atomic E-state index is 0.0476. The molecule has 2 aliphatic heterocycles. The second-order valence-electron chi connectivity index (χ2n) is 5.41. The minimum atomic E-state index is -0.541. The van der Waals surface area contributed by atoms with Crippen LogP contribution < -0.4 is 5.32 Å². The number of carbonyl (C=O) groups excluding carboxylic acids is 1. The van der Waals surface area contributed by atoms with E-state index in [0.29, 0.717) is 11.5 Å². The van der Waals surface area contributed by atoms with E-state index in [4.69, 9.17) is 11.6 Å². The number of rotatable bonds is 1. The van der Waals surface area contributed by atoms with Gasteiger partial charge in [-0.25, -0.2) is 4.39 Å². The summed E-state index contributed by atoms with van der Waals surface area (Å²) in [5, 5.41) is 3.36. The first-order chi connectivity index (χ1) is 9.08. The molecule has 1 amide bonds. The highest BCUT2D eigenvalue weighted by molar-refractivity contribution is 6.30. The fourth-order valence-electron chi connectivity index (χ4n) is 3.29. The van der Waals surface area contributed by atoms with Gasteiger partial charge in [0.15, 0.2) is 0 Å². The average Bonchev–Trinajstić information content (AvgIpc) is 2.91. The Kier molecular flexibility index (Phi) is 3.23. The summed E-state index contributed by atoms with van der Waals surface area (Å²) in [4.78, 5) is 14.4. The molecule has 2 fully saturated rings. The number of hydrogen-bond donors (Lipinski definition) is 1. The summed E-state index contributed by atoms with van der Waals surface area (Å²) in [5.74, 6) is -0.115. The summed E-state index contributed by atoms with van der Waals surface area (Å²) in [7, 11) is 0. The third kappa shape index (κ3) is 2.13. The van der Waals surface area contributed by atoms with Gasteiger partial charge in [0.25, 0.3) is 5.91 Å². The maximum atomic E-state index is 13.5. The molecule has 1 aromatic rings. The predicted molar refractivity (Wildman–Crippen MR) is 71.8 cm³/mol. The number of fused-ring (bicyclic) bond motifs is 1. The van der Waals surface area contributed by atoms with E-state index in [1.165, 1.54) is 12.1 Å². The molecule has 0 saturated carbocycles. The molecule has 0 radical (unpaired) electrons. The van der Waals surface area contributed by atoms with Crippen molar-refractivity contribution in [1.82, 2.24) is 10.2 Å². The van der Waals surface area contributed by atoms with Gasteiger partial charge in [-0.05, 0) is 37.5 Å². The third-order valence-corrected chi connectivity index (χ3v) is 4.49. The Morgan fingerprint density at radius 1 is 1.47 bits per heavy atom. The van der Waals surface area contributed by atoms with Crippen LogP contribution in [0.15, 0.2) is 18.2 Å². The summed E-state index contributed by atoms with van der Waals surface area (Å²) in [6.07, 6.45) is 1.01. The first-order valence-corrected chi connectivity index (χ1v) is 6.94. The highest BCUT2D eigenvalue weighted by Gasteiger charge is 2.44. The molecule has 2 aliphatic rings. The maximum absolute atomic E-state index is 13.5. The smallest absolute Gasteiger partial charge is 0.254 e. The van der Waals surface area contributed by atoms with Crippen molar-refractivity contribution in [2.45, 2.75) is 25.4 Å². The Morgan fingerprint density at radius 2 is 2.26 bits per heavy atom. The van der Waals surface area contributed by atoms with Crippen molar-refractivity contribution in [3.05, 3.63) is 34.6 Å². The van der Waals surface area contributed by atoms with Crippen LogP contribution in [0.25, 0.3) is 0 Å². The van der Waals surface area contributed by atoms with Gasteiger partial charge in [0, 0.05) is 30.7 Å². The molecular formula is C14H16ClFN2O. The number of likely N-dealkylation sites (tertiary alicyclic amines) is 1. The zero-order valence-corrected chi connectivity index (χ0v) is 11.5. The van der Waals surface area contributed by atoms with Crippen LogP contribution in [0.3, 0.4) is 0 Å². The molecule has 3 rings (SSSR count). The quantitative estimate of drug-likeness (QED) is 0.857. The van der Waals surface area contributed by atoms with Crippen molar-refractivity contribution in [1.29, 1.82) is 0 Å². The van der Waals surface area contributed by atoms with E-state index in [1.807, 2.05) is 4.90 Å². The first kappa shape index (κ1) is 12.9. The number of amides is 1. The Hall–Kier alpha value is -1.13. The molecule has 3 atom stereocenters. The van der Waals surface area contributed by atoms with E-state index in [9.17, 15) is 9.18 Å². The van der Waals surface area contributed by atoms with Gasteiger partial charge in [-0.2, -0.15) is 0 Å². The number of carbonyl (C=O) groups is 1. The lowest BCUT2D eigenvalue weighted by Crippen LogP contribution is -2.42. The summed E-state index contributed by atoms with van der Waals surface area (Å²) in [5.41, 5.74) is 0.376. The molecule has 3 unspecified atom stereocenters. The van der Waals surface area contributed by atoms with Crippen LogP contribution in [0.5, 0.6) is 0 Å². The molecular weight excluding hydrogens is 267 g/mol. The second-order valence-corrected chi connectivity index (χ2v) is 5.82. The van der Waals surface area contributed by atoms with Crippen molar-refractivity contribution in [3.63, 3.8) is 0 Å². The fourth-order valence-corrected chi connectivity index (χ4v) is 3.41. The van der Waals surface area contributed by atoms with Gasteiger partial charge in [0.05, 0.1) is 5.02 Å². The van der Waals surface area contributed by atoms with Crippen LogP contribution in [0, 0.1) is 11.7 Å². The highest BCUT2D eigenvalue weighted by atomic mass is 35.5. The zero-order chi connectivity index (χ0) is 13.6. The van der Waals surface area contributed by atoms with E-state index < -0.39 is 5.82 Å². The van der Waals surface area contributed by atoms with Crippen molar-refractivity contribution in [3.8, 4) is 0 Å². The third-order valence-electron chi connectivity index (χ3n) is 4.18. The molecule has 3 nitrogen and oxygen atoms in total. The fraction of sp³-hybridized carbons (Fsp3) is 0.500. The van der Waals surface area contributed by atoms with Crippen molar-refractivity contribution < 1.29 is 9.18 Å². The molecule has 2 heterocycles. The largest absolute Gasteiger partial charge is 0.331 e. The van der Waals surface area contributed by atoms with Crippen LogP contribution in [0.2, 0.25) is 5.02 Å². The molecule has 1 aromatic carbocycles. The monoisotopic (exact) mass is 282 g/mol. The summed E-state index contributed by atoms with van der Waals surface area (Å²) in [6, 6.07) is 4.71. The van der Waals surface area contributed by atoms with Crippen molar-refractivity contribution >= 4 is 17.5 Å². The minimum Gasteiger partial charge on any atom is -0.331 e. The Labute approximate surface area is 116 Å². The molecule has 0 aromatic heterocycles. The number of benzene rings is 1. The van der Waals surface area contributed by atoms with Crippen LogP contribution in [-0.2, 0) is 0 Å². The lowest BCUT2D eigenvalue weighted by atomic mass is 10.0. The normalized spacial score (nSPS) is 29.6. The lowest BCUT2D eigenvalue weighted by Gasteiger charge is -2.27. The molecule has 102 valence electrons. The number of hydrogen-bond acceptors (Lipinski definition) is 2. The van der Waals surface area contributed by atoms with Crippen molar-refractivity contribution in [2.24, 2.45) is 5.92 Å². The topological polar surface area (TPSA) is 32.3 Å². The lowest BCUT2D eigenvalue weighted by molar-refractivity contribution is 0.0681. The van der Waals surface area contributed by atoms with Crippen LogP contribution in [0.4, 0.5) is 4.39 Å². The van der Waals surface area contributed by atoms with E-state index in [1.54, 1.807) is 6.07 Å². The van der Waals surface area contributed by atoms with Gasteiger partial charge < -0.3 is 10.2 Å². The van der Waals surface area contributed by atoms with Gasteiger partial charge >= 0.3 is 0 Å². The average molecular weight is 283 g/mol. The van der Waals surface area contributed by atoms with Crippen LogP contribution >= 0.6 is 11.6 Å². The Morgan fingerprint density at radius 3 is 3.00 bits per heavy atom. The van der Waals surface area contributed by atoms with Crippen molar-refractivity contribution in [2.75, 3.05) is 13.1 Å². The highest BCUT2D eigenvalue weighted by Crippen LogP contribution is 2.33. The van der Waals surface area contributed by atoms with E-state index >= 15 is 0 Å². The van der Waals surface area contributed by atoms with Gasteiger partial charge in [-0.3, -0.25) is 4.79 Å². The molecule has 5 heteroatoms. The number of halogens is 2. The number of nitrogens with one attached hydrogen (secondary N) is 1. The standard InChI is InChI=1S/C14H16ClFN2O/c1-8-4-10-6-17-7-13(10)18(8)14(19)9-2-3-11(15)12(16)5-9/h2-3,5,8,10,13,17H,4,6-7H2,1H3. The zero-order valence-electron chi connectivity index (χ0n) is 10.7. The van der Waals surface area contributed by atoms with Crippen LogP contribution in [-0.4, -0.2) is 36.0 Å². The molecule has 0 bridgehead atoms. The van der Waals surface area contributed by atoms with Gasteiger partial charge in [0.1, 0.15) is 5.82 Å². The summed E-state index contributed by atoms with van der Waals surface area (Å²) < 4.78 is 13.5. The van der Waals surface area contributed by atoms with Gasteiger partial charge in [-0.1, -0.05) is 11.6 Å². The van der Waals surface area contributed by atoms with Gasteiger partial charge in [-0.15, -0.1) is 0 Å². The van der Waals surface area contributed by atoms with E-state index in [2.05, 4.69) is 12.2 Å². The molecule has 19 heavy (non-hydrogen) atoms. The Balaban J connectivity index is 1.88. The second kappa shape index (κ2) is 4.76. The molecule has 0 aliphatic carbocycles. The molecule has 2 saturated heterocycles. The van der Waals surface area contributed by atoms with Crippen LogP contribution in [0.1, 0.15) is 23.7 Å². The number of nitrogens with zero attached hydrogens (tertiary/aromatic N) is 1. The van der Waals surface area contributed by atoms with E-state index in [0.717, 1.165) is 19.5 Å². The summed E-state index contributed by atoms with van der Waals surface area (Å²) in [6.45, 7) is 3.85. The predicted octanol–water partition coefficient (Wildman–Crippen LogP) is 2.30. The SMILES string of the molecule is CC1CC2CNCC2N1C(=O)c1ccc(Cl)c(F)c1. The summed E-state index contributed by atoms with van der Waals surface area (Å²) >= 11 is 5.65. The first-order valence-electron chi connectivity index (χ1n) is 6.56. The Bertz CT molecular complexity index is 522. The molecule has 0 spiro atoms. The molecule has 1 N–H and O–H groups in total. The maximum Gasteiger partial charge on any atom is 0.254 e.